The van der Waals surface area contributed by atoms with Gasteiger partial charge in [-0.1, -0.05) is 0 Å². The molecule has 3 rings (SSSR count). The summed E-state index contributed by atoms with van der Waals surface area (Å²) in [5.74, 6) is -0.442. The third-order valence-corrected chi connectivity index (χ3v) is 5.41. The fourth-order valence-corrected chi connectivity index (χ4v) is 3.98. The first-order valence-electron chi connectivity index (χ1n) is 6.66. The zero-order valence-electron chi connectivity index (χ0n) is 11.3. The van der Waals surface area contributed by atoms with E-state index < -0.39 is 10.0 Å². The van der Waals surface area contributed by atoms with E-state index in [4.69, 9.17) is 0 Å². The van der Waals surface area contributed by atoms with Gasteiger partial charge in [-0.2, -0.15) is 4.31 Å². The van der Waals surface area contributed by atoms with Gasteiger partial charge in [0.25, 0.3) is 0 Å². The predicted molar refractivity (Wildman–Crippen MR) is 75.2 cm³/mol. The molecular weight excluding hydrogens is 294 g/mol. The third-order valence-electron chi connectivity index (χ3n) is 3.57. The SMILES string of the molecule is O=C1CN(S(=O)(=O)c2ccc3c(c2)CC(=O)N3)CCCN1. The molecule has 0 atom stereocenters. The maximum atomic E-state index is 12.6. The molecular formula is C13H15N3O4S. The predicted octanol–water partition coefficient (Wildman–Crippen LogP) is -0.308. The maximum Gasteiger partial charge on any atom is 0.243 e. The first-order chi connectivity index (χ1) is 9.96. The van der Waals surface area contributed by atoms with Crippen LogP contribution >= 0.6 is 0 Å². The van der Waals surface area contributed by atoms with Crippen molar-refractivity contribution >= 4 is 27.5 Å². The highest BCUT2D eigenvalue weighted by molar-refractivity contribution is 7.89. The van der Waals surface area contributed by atoms with E-state index in [-0.39, 0.29) is 29.7 Å². The van der Waals surface area contributed by atoms with Crippen LogP contribution in [0.15, 0.2) is 23.1 Å². The summed E-state index contributed by atoms with van der Waals surface area (Å²) in [7, 11) is -3.72. The summed E-state index contributed by atoms with van der Waals surface area (Å²) < 4.78 is 26.4. The molecule has 0 saturated carbocycles. The third kappa shape index (κ3) is 2.64. The van der Waals surface area contributed by atoms with Crippen LogP contribution in [0.25, 0.3) is 0 Å². The van der Waals surface area contributed by atoms with E-state index in [1.807, 2.05) is 0 Å². The summed E-state index contributed by atoms with van der Waals surface area (Å²) >= 11 is 0. The molecule has 0 radical (unpaired) electrons. The molecule has 0 unspecified atom stereocenters. The van der Waals surface area contributed by atoms with Crippen molar-refractivity contribution in [2.45, 2.75) is 17.7 Å². The molecule has 0 bridgehead atoms. The van der Waals surface area contributed by atoms with E-state index in [1.165, 1.54) is 16.4 Å². The Morgan fingerprint density at radius 2 is 1.95 bits per heavy atom. The minimum absolute atomic E-state index is 0.118. The van der Waals surface area contributed by atoms with Gasteiger partial charge in [0.05, 0.1) is 17.9 Å². The van der Waals surface area contributed by atoms with Gasteiger partial charge in [0.1, 0.15) is 0 Å². The van der Waals surface area contributed by atoms with Crippen LogP contribution in [0.3, 0.4) is 0 Å². The number of amides is 2. The van der Waals surface area contributed by atoms with Crippen molar-refractivity contribution < 1.29 is 18.0 Å². The van der Waals surface area contributed by atoms with Gasteiger partial charge in [0, 0.05) is 18.8 Å². The molecule has 2 aliphatic rings. The number of carbonyl (C=O) groups is 2. The second-order valence-corrected chi connectivity index (χ2v) is 7.02. The Bertz CT molecular complexity index is 714. The van der Waals surface area contributed by atoms with Crippen molar-refractivity contribution in [1.82, 2.24) is 9.62 Å². The van der Waals surface area contributed by atoms with Crippen molar-refractivity contribution in [1.29, 1.82) is 0 Å². The van der Waals surface area contributed by atoms with Crippen LogP contribution in [0.4, 0.5) is 5.69 Å². The van der Waals surface area contributed by atoms with Crippen LogP contribution < -0.4 is 10.6 Å². The summed E-state index contributed by atoms with van der Waals surface area (Å²) in [5.41, 5.74) is 1.31. The highest BCUT2D eigenvalue weighted by Gasteiger charge is 2.29. The summed E-state index contributed by atoms with van der Waals surface area (Å²) in [6.07, 6.45) is 0.759. The second kappa shape index (κ2) is 5.12. The molecule has 2 heterocycles. The number of nitrogens with zero attached hydrogens (tertiary/aromatic N) is 1. The lowest BCUT2D eigenvalue weighted by molar-refractivity contribution is -0.120. The summed E-state index contributed by atoms with van der Waals surface area (Å²) in [6, 6.07) is 4.55. The molecule has 2 N–H and O–H groups in total. The topological polar surface area (TPSA) is 95.6 Å². The molecule has 1 saturated heterocycles. The number of fused-ring (bicyclic) bond motifs is 1. The van der Waals surface area contributed by atoms with Gasteiger partial charge in [-0.15, -0.1) is 0 Å². The number of anilines is 1. The van der Waals surface area contributed by atoms with Crippen molar-refractivity contribution in [3.63, 3.8) is 0 Å². The lowest BCUT2D eigenvalue weighted by Crippen LogP contribution is -2.37. The van der Waals surface area contributed by atoms with Gasteiger partial charge in [-0.3, -0.25) is 9.59 Å². The van der Waals surface area contributed by atoms with Crippen LogP contribution in [0, 0.1) is 0 Å². The quantitative estimate of drug-likeness (QED) is 0.783. The molecule has 2 aliphatic heterocycles. The number of benzene rings is 1. The average molecular weight is 309 g/mol. The largest absolute Gasteiger partial charge is 0.355 e. The monoisotopic (exact) mass is 309 g/mol. The minimum Gasteiger partial charge on any atom is -0.355 e. The highest BCUT2D eigenvalue weighted by Crippen LogP contribution is 2.27. The number of carbonyl (C=O) groups excluding carboxylic acids is 2. The summed E-state index contributed by atoms with van der Waals surface area (Å²) in [5, 5.41) is 5.31. The normalized spacial score (nSPS) is 19.6. The Hall–Kier alpha value is -1.93. The van der Waals surface area contributed by atoms with E-state index in [1.54, 1.807) is 6.07 Å². The lowest BCUT2D eigenvalue weighted by atomic mass is 10.2. The van der Waals surface area contributed by atoms with Gasteiger partial charge in [-0.25, -0.2) is 8.42 Å². The van der Waals surface area contributed by atoms with Gasteiger partial charge >= 0.3 is 0 Å². The lowest BCUT2D eigenvalue weighted by Gasteiger charge is -2.19. The zero-order chi connectivity index (χ0) is 15.0. The molecule has 7 nitrogen and oxygen atoms in total. The van der Waals surface area contributed by atoms with Crippen LogP contribution in [0.1, 0.15) is 12.0 Å². The number of rotatable bonds is 2. The Morgan fingerprint density at radius 1 is 1.14 bits per heavy atom. The number of hydrogen-bond donors (Lipinski definition) is 2. The first kappa shape index (κ1) is 14.0. The van der Waals surface area contributed by atoms with E-state index in [2.05, 4.69) is 10.6 Å². The highest BCUT2D eigenvalue weighted by atomic mass is 32.2. The summed E-state index contributed by atoms with van der Waals surface area (Å²) in [6.45, 7) is 0.611. The van der Waals surface area contributed by atoms with Crippen molar-refractivity contribution in [2.24, 2.45) is 0 Å². The van der Waals surface area contributed by atoms with Gasteiger partial charge < -0.3 is 10.6 Å². The van der Waals surface area contributed by atoms with E-state index >= 15 is 0 Å². The standard InChI is InChI=1S/C13H15N3O4S/c17-12-7-9-6-10(2-3-11(9)15-12)21(19,20)16-5-1-4-14-13(18)8-16/h2-3,6H,1,4-5,7-8H2,(H,14,18)(H,15,17). The van der Waals surface area contributed by atoms with E-state index in [9.17, 15) is 18.0 Å². The smallest absolute Gasteiger partial charge is 0.243 e. The second-order valence-electron chi connectivity index (χ2n) is 5.09. The van der Waals surface area contributed by atoms with Crippen molar-refractivity contribution in [3.8, 4) is 0 Å². The van der Waals surface area contributed by atoms with Gasteiger partial charge in [0.2, 0.25) is 21.8 Å². The van der Waals surface area contributed by atoms with Gasteiger partial charge in [-0.05, 0) is 30.2 Å². The fraction of sp³-hybridized carbons (Fsp3) is 0.385. The molecule has 2 amide bonds. The molecule has 0 spiro atoms. The number of nitrogens with one attached hydrogen (secondary N) is 2. The molecule has 1 fully saturated rings. The molecule has 1 aromatic carbocycles. The molecule has 0 aromatic heterocycles. The van der Waals surface area contributed by atoms with Crippen molar-refractivity contribution in [3.05, 3.63) is 23.8 Å². The maximum absolute atomic E-state index is 12.6. The average Bonchev–Trinajstić information content (AvgIpc) is 2.65. The summed E-state index contributed by atoms with van der Waals surface area (Å²) in [4.78, 5) is 23.0. The van der Waals surface area contributed by atoms with E-state index in [0.29, 0.717) is 30.8 Å². The molecule has 8 heteroatoms. The Morgan fingerprint density at radius 3 is 2.76 bits per heavy atom. The number of hydrogen-bond acceptors (Lipinski definition) is 4. The molecule has 21 heavy (non-hydrogen) atoms. The van der Waals surface area contributed by atoms with Crippen molar-refractivity contribution in [2.75, 3.05) is 25.0 Å². The first-order valence-corrected chi connectivity index (χ1v) is 8.10. The number of sulfonamides is 1. The van der Waals surface area contributed by atoms with Crippen LogP contribution in [-0.2, 0) is 26.0 Å². The van der Waals surface area contributed by atoms with Crippen LogP contribution in [-0.4, -0.2) is 44.2 Å². The zero-order valence-corrected chi connectivity index (χ0v) is 12.1. The Balaban J connectivity index is 1.93. The fourth-order valence-electron chi connectivity index (χ4n) is 2.50. The van der Waals surface area contributed by atoms with Crippen LogP contribution in [0.5, 0.6) is 0 Å². The molecule has 0 aliphatic carbocycles. The Kier molecular flexibility index (Phi) is 3.42. The van der Waals surface area contributed by atoms with E-state index in [0.717, 1.165) is 0 Å². The van der Waals surface area contributed by atoms with Gasteiger partial charge in [0.15, 0.2) is 0 Å². The Labute approximate surface area is 122 Å². The molecule has 112 valence electrons. The molecule has 1 aromatic rings. The van der Waals surface area contributed by atoms with Crippen LogP contribution in [0.2, 0.25) is 0 Å². The minimum atomic E-state index is -3.72.